The van der Waals surface area contributed by atoms with Gasteiger partial charge >= 0.3 is 0 Å². The number of nitrogens with zero attached hydrogens (tertiary/aromatic N) is 1. The zero-order chi connectivity index (χ0) is 18.4. The molecule has 1 atom stereocenters. The number of benzene rings is 1. The molecule has 0 saturated heterocycles. The summed E-state index contributed by atoms with van der Waals surface area (Å²) in [5.74, 6) is 0.884. The largest absolute Gasteiger partial charge is 0.348 e. The molecule has 1 amide bonds. The van der Waals surface area contributed by atoms with E-state index in [4.69, 9.17) is 0 Å². The highest BCUT2D eigenvalue weighted by Crippen LogP contribution is 2.24. The molecule has 1 aromatic heterocycles. The highest BCUT2D eigenvalue weighted by molar-refractivity contribution is 7.99. The van der Waals surface area contributed by atoms with E-state index in [-0.39, 0.29) is 29.2 Å². The molecule has 2 N–H and O–H groups in total. The molecular weight excluding hydrogens is 334 g/mol. The minimum absolute atomic E-state index is 0.0444. The Labute approximate surface area is 152 Å². The van der Waals surface area contributed by atoms with Crippen LogP contribution in [0.25, 0.3) is 0 Å². The fraction of sp³-hybridized carbons (Fsp3) is 0.421. The second kappa shape index (κ2) is 8.85. The molecule has 0 aliphatic heterocycles. The van der Waals surface area contributed by atoms with Crippen LogP contribution in [0.3, 0.4) is 0 Å². The predicted octanol–water partition coefficient (Wildman–Crippen LogP) is 3.50. The number of carbonyl (C=O) groups is 1. The summed E-state index contributed by atoms with van der Waals surface area (Å²) in [7, 11) is 0. The van der Waals surface area contributed by atoms with Crippen molar-refractivity contribution in [2.75, 3.05) is 5.75 Å². The number of amides is 1. The van der Waals surface area contributed by atoms with Gasteiger partial charge in [0.25, 0.3) is 5.56 Å². The molecule has 0 radical (unpaired) electrons. The van der Waals surface area contributed by atoms with Crippen LogP contribution in [0.15, 0.2) is 46.5 Å². The quantitative estimate of drug-likeness (QED) is 0.586. The number of thioether (sulfide) groups is 1. The van der Waals surface area contributed by atoms with Crippen molar-refractivity contribution < 1.29 is 4.79 Å². The number of rotatable bonds is 7. The van der Waals surface area contributed by atoms with Gasteiger partial charge in [0, 0.05) is 12.3 Å². The number of aromatic nitrogens is 2. The van der Waals surface area contributed by atoms with Gasteiger partial charge in [0.15, 0.2) is 5.16 Å². The highest BCUT2D eigenvalue weighted by atomic mass is 32.2. The summed E-state index contributed by atoms with van der Waals surface area (Å²) in [6.07, 6.45) is 1.44. The second-order valence-corrected chi connectivity index (χ2v) is 7.60. The fourth-order valence-corrected chi connectivity index (χ4v) is 3.16. The first-order valence-electron chi connectivity index (χ1n) is 8.44. The summed E-state index contributed by atoms with van der Waals surface area (Å²) in [6.45, 7) is 8.50. The Morgan fingerprint density at radius 2 is 1.76 bits per heavy atom. The van der Waals surface area contributed by atoms with Crippen LogP contribution >= 0.6 is 11.8 Å². The molecule has 6 heteroatoms. The third kappa shape index (κ3) is 5.74. The normalized spacial score (nSPS) is 12.4. The molecule has 0 saturated carbocycles. The molecule has 0 aliphatic rings. The minimum atomic E-state index is -0.219. The van der Waals surface area contributed by atoms with Gasteiger partial charge in [-0.3, -0.25) is 9.59 Å². The second-order valence-electron chi connectivity index (χ2n) is 6.64. The SMILES string of the molecule is CC(C)c1ccc([C@@H](NC(=O)CSc2nccc(=O)[nH]2)C(C)C)cc1. The van der Waals surface area contributed by atoms with E-state index in [1.165, 1.54) is 29.6 Å². The van der Waals surface area contributed by atoms with Crippen LogP contribution < -0.4 is 10.9 Å². The van der Waals surface area contributed by atoms with Gasteiger partial charge in [-0.15, -0.1) is 0 Å². The van der Waals surface area contributed by atoms with Gasteiger partial charge in [0.2, 0.25) is 5.91 Å². The first-order chi connectivity index (χ1) is 11.9. The van der Waals surface area contributed by atoms with Crippen molar-refractivity contribution in [3.8, 4) is 0 Å². The van der Waals surface area contributed by atoms with Gasteiger partial charge in [-0.25, -0.2) is 4.98 Å². The lowest BCUT2D eigenvalue weighted by Crippen LogP contribution is -2.33. The van der Waals surface area contributed by atoms with Crippen molar-refractivity contribution in [2.45, 2.75) is 44.8 Å². The standard InChI is InChI=1S/C19H25N3O2S/c1-12(2)14-5-7-15(8-6-14)18(13(3)4)21-17(24)11-25-19-20-10-9-16(23)22-19/h5-10,12-13,18H,11H2,1-4H3,(H,21,24)(H,20,22,23)/t18-/m0/s1. The van der Waals surface area contributed by atoms with Crippen molar-refractivity contribution in [3.05, 3.63) is 58.0 Å². The zero-order valence-electron chi connectivity index (χ0n) is 15.1. The molecule has 1 heterocycles. The van der Waals surface area contributed by atoms with E-state index in [9.17, 15) is 9.59 Å². The number of hydrogen-bond acceptors (Lipinski definition) is 4. The van der Waals surface area contributed by atoms with Crippen molar-refractivity contribution >= 4 is 17.7 Å². The van der Waals surface area contributed by atoms with Crippen molar-refractivity contribution in [2.24, 2.45) is 5.92 Å². The first kappa shape index (κ1) is 19.2. The third-order valence-electron chi connectivity index (χ3n) is 3.93. The molecule has 1 aromatic carbocycles. The molecule has 0 unspecified atom stereocenters. The molecule has 5 nitrogen and oxygen atoms in total. The van der Waals surface area contributed by atoms with E-state index in [0.29, 0.717) is 11.1 Å². The Morgan fingerprint density at radius 1 is 1.12 bits per heavy atom. The van der Waals surface area contributed by atoms with Gasteiger partial charge in [-0.05, 0) is 23.0 Å². The predicted molar refractivity (Wildman–Crippen MR) is 102 cm³/mol. The van der Waals surface area contributed by atoms with E-state index in [1.807, 2.05) is 0 Å². The average molecular weight is 359 g/mol. The van der Waals surface area contributed by atoms with Crippen LogP contribution in [-0.2, 0) is 4.79 Å². The lowest BCUT2D eigenvalue weighted by molar-refractivity contribution is -0.119. The van der Waals surface area contributed by atoms with Crippen molar-refractivity contribution in [3.63, 3.8) is 0 Å². The minimum Gasteiger partial charge on any atom is -0.348 e. The number of hydrogen-bond donors (Lipinski definition) is 2. The number of carbonyl (C=O) groups excluding carboxylic acids is 1. The maximum Gasteiger partial charge on any atom is 0.251 e. The monoisotopic (exact) mass is 359 g/mol. The van der Waals surface area contributed by atoms with Gasteiger partial charge in [-0.1, -0.05) is 63.7 Å². The lowest BCUT2D eigenvalue weighted by Gasteiger charge is -2.23. The molecule has 25 heavy (non-hydrogen) atoms. The summed E-state index contributed by atoms with van der Waals surface area (Å²) in [5, 5.41) is 3.54. The number of aromatic amines is 1. The molecule has 0 aliphatic carbocycles. The molecular formula is C19H25N3O2S. The maximum atomic E-state index is 12.3. The van der Waals surface area contributed by atoms with E-state index in [0.717, 1.165) is 5.56 Å². The third-order valence-corrected chi connectivity index (χ3v) is 4.82. The van der Waals surface area contributed by atoms with E-state index in [2.05, 4.69) is 67.2 Å². The Kier molecular flexibility index (Phi) is 6.82. The molecule has 0 bridgehead atoms. The van der Waals surface area contributed by atoms with Gasteiger partial charge in [-0.2, -0.15) is 0 Å². The highest BCUT2D eigenvalue weighted by Gasteiger charge is 2.18. The molecule has 2 aromatic rings. The van der Waals surface area contributed by atoms with Crippen molar-refractivity contribution in [1.82, 2.24) is 15.3 Å². The van der Waals surface area contributed by atoms with Crippen LogP contribution in [0.4, 0.5) is 0 Å². The smallest absolute Gasteiger partial charge is 0.251 e. The Balaban J connectivity index is 2.00. The van der Waals surface area contributed by atoms with Crippen LogP contribution in [0, 0.1) is 5.92 Å². The first-order valence-corrected chi connectivity index (χ1v) is 9.42. The fourth-order valence-electron chi connectivity index (χ4n) is 2.50. The van der Waals surface area contributed by atoms with Gasteiger partial charge < -0.3 is 10.3 Å². The zero-order valence-corrected chi connectivity index (χ0v) is 15.9. The lowest BCUT2D eigenvalue weighted by atomic mass is 9.93. The summed E-state index contributed by atoms with van der Waals surface area (Å²) < 4.78 is 0. The van der Waals surface area contributed by atoms with Crippen LogP contribution in [-0.4, -0.2) is 21.6 Å². The van der Waals surface area contributed by atoms with Crippen LogP contribution in [0.2, 0.25) is 0 Å². The van der Waals surface area contributed by atoms with Crippen LogP contribution in [0.5, 0.6) is 0 Å². The number of nitrogens with one attached hydrogen (secondary N) is 2. The summed E-state index contributed by atoms with van der Waals surface area (Å²) >= 11 is 1.22. The van der Waals surface area contributed by atoms with Crippen LogP contribution in [0.1, 0.15) is 50.8 Å². The molecule has 0 spiro atoms. The van der Waals surface area contributed by atoms with E-state index in [1.54, 1.807) is 0 Å². The van der Waals surface area contributed by atoms with Gasteiger partial charge in [0.1, 0.15) is 0 Å². The summed E-state index contributed by atoms with van der Waals surface area (Å²) in [5.41, 5.74) is 2.17. The van der Waals surface area contributed by atoms with E-state index < -0.39 is 0 Å². The van der Waals surface area contributed by atoms with Gasteiger partial charge in [0.05, 0.1) is 11.8 Å². The Hall–Kier alpha value is -2.08. The Bertz CT molecular complexity index is 754. The Morgan fingerprint density at radius 3 is 2.32 bits per heavy atom. The average Bonchev–Trinajstić information content (AvgIpc) is 2.58. The molecule has 2 rings (SSSR count). The maximum absolute atomic E-state index is 12.3. The molecule has 0 fully saturated rings. The van der Waals surface area contributed by atoms with Crippen molar-refractivity contribution in [1.29, 1.82) is 0 Å². The summed E-state index contributed by atoms with van der Waals surface area (Å²) in [6, 6.07) is 9.72. The van der Waals surface area contributed by atoms with E-state index >= 15 is 0 Å². The number of H-pyrrole nitrogens is 1. The molecule has 134 valence electrons. The summed E-state index contributed by atoms with van der Waals surface area (Å²) in [4.78, 5) is 30.2. The topological polar surface area (TPSA) is 74.8 Å².